The van der Waals surface area contributed by atoms with Crippen LogP contribution < -0.4 is 0 Å². The molecule has 4 rings (SSSR count). The molecule has 0 aliphatic carbocycles. The highest BCUT2D eigenvalue weighted by atomic mass is 19.1. The fraction of sp³-hybridized carbons (Fsp3) is 0.238. The van der Waals surface area contributed by atoms with E-state index < -0.39 is 0 Å². The Morgan fingerprint density at radius 1 is 1.00 bits per heavy atom. The molecule has 0 radical (unpaired) electrons. The van der Waals surface area contributed by atoms with E-state index in [1.165, 1.54) is 24.3 Å². The minimum absolute atomic E-state index is 0.238. The van der Waals surface area contributed by atoms with Crippen LogP contribution in [0.25, 0.3) is 11.3 Å². The molecule has 3 aromatic rings. The van der Waals surface area contributed by atoms with Crippen molar-refractivity contribution in [3.05, 3.63) is 83.8 Å². The molecule has 4 nitrogen and oxygen atoms in total. The van der Waals surface area contributed by atoms with E-state index in [0.717, 1.165) is 12.1 Å². The van der Waals surface area contributed by atoms with Crippen molar-refractivity contribution in [3.63, 3.8) is 0 Å². The van der Waals surface area contributed by atoms with Crippen molar-refractivity contribution in [2.75, 3.05) is 19.7 Å². The minimum Gasteiger partial charge on any atom is -0.369 e. The molecule has 27 heavy (non-hydrogen) atoms. The maximum atomic E-state index is 13.6. The van der Waals surface area contributed by atoms with Crippen LogP contribution >= 0.6 is 0 Å². The van der Waals surface area contributed by atoms with Crippen LogP contribution in [0.2, 0.25) is 0 Å². The Hall–Kier alpha value is -2.70. The van der Waals surface area contributed by atoms with E-state index in [9.17, 15) is 8.78 Å². The van der Waals surface area contributed by atoms with Crippen LogP contribution in [0.1, 0.15) is 17.4 Å². The van der Waals surface area contributed by atoms with E-state index in [1.807, 2.05) is 6.07 Å². The smallest absolute Gasteiger partial charge is 0.123 e. The number of benzene rings is 2. The summed E-state index contributed by atoms with van der Waals surface area (Å²) in [5, 5.41) is 0. The first-order chi connectivity index (χ1) is 13.2. The molecule has 1 saturated heterocycles. The SMILES string of the molecule is Fc1ccc(CN2CCO[C@H](c3nccnc3-c3cccc(F)c3)C2)cc1. The largest absolute Gasteiger partial charge is 0.369 e. The van der Waals surface area contributed by atoms with Gasteiger partial charge in [0.25, 0.3) is 0 Å². The summed E-state index contributed by atoms with van der Waals surface area (Å²) in [6.45, 7) is 2.68. The predicted molar refractivity (Wildman–Crippen MR) is 97.8 cm³/mol. The highest BCUT2D eigenvalue weighted by Crippen LogP contribution is 2.29. The summed E-state index contributed by atoms with van der Waals surface area (Å²) in [5.74, 6) is -0.551. The van der Waals surface area contributed by atoms with Gasteiger partial charge < -0.3 is 4.74 Å². The van der Waals surface area contributed by atoms with Gasteiger partial charge in [-0.1, -0.05) is 24.3 Å². The zero-order chi connectivity index (χ0) is 18.6. The fourth-order valence-electron chi connectivity index (χ4n) is 3.30. The molecule has 1 aliphatic heterocycles. The van der Waals surface area contributed by atoms with Crippen molar-refractivity contribution < 1.29 is 13.5 Å². The highest BCUT2D eigenvalue weighted by Gasteiger charge is 2.26. The van der Waals surface area contributed by atoms with Gasteiger partial charge in [0.05, 0.1) is 18.0 Å². The Balaban J connectivity index is 1.56. The zero-order valence-corrected chi connectivity index (χ0v) is 14.7. The summed E-state index contributed by atoms with van der Waals surface area (Å²) in [4.78, 5) is 11.1. The standard InChI is InChI=1S/C21H19F2N3O/c22-17-6-4-15(5-7-17)13-26-10-11-27-19(14-26)21-20(24-8-9-25-21)16-2-1-3-18(23)12-16/h1-9,12,19H,10-11,13-14H2/t19-/m0/s1. The molecule has 0 saturated carbocycles. The molecule has 6 heteroatoms. The van der Waals surface area contributed by atoms with Crippen molar-refractivity contribution in [2.45, 2.75) is 12.6 Å². The van der Waals surface area contributed by atoms with E-state index in [2.05, 4.69) is 14.9 Å². The molecular weight excluding hydrogens is 348 g/mol. The van der Waals surface area contributed by atoms with Gasteiger partial charge in [0.15, 0.2) is 0 Å². The molecule has 0 spiro atoms. The number of morpholine rings is 1. The maximum absolute atomic E-state index is 13.6. The molecular formula is C21H19F2N3O. The first-order valence-electron chi connectivity index (χ1n) is 8.84. The number of hydrogen-bond donors (Lipinski definition) is 0. The molecule has 138 valence electrons. The normalized spacial score (nSPS) is 17.8. The Morgan fingerprint density at radius 3 is 2.63 bits per heavy atom. The van der Waals surface area contributed by atoms with Crippen LogP contribution in [0.3, 0.4) is 0 Å². The molecule has 1 aromatic heterocycles. The van der Waals surface area contributed by atoms with Crippen LogP contribution in [0.4, 0.5) is 8.78 Å². The molecule has 1 atom stereocenters. The third kappa shape index (κ3) is 4.18. The number of aromatic nitrogens is 2. The Morgan fingerprint density at radius 2 is 1.81 bits per heavy atom. The number of nitrogens with zero attached hydrogens (tertiary/aromatic N) is 3. The van der Waals surface area contributed by atoms with E-state index >= 15 is 0 Å². The zero-order valence-electron chi connectivity index (χ0n) is 14.7. The first kappa shape index (κ1) is 17.7. The Bertz CT molecular complexity index is 917. The molecule has 2 aromatic carbocycles. The van der Waals surface area contributed by atoms with Gasteiger partial charge in [0.1, 0.15) is 17.7 Å². The lowest BCUT2D eigenvalue weighted by molar-refractivity contribution is -0.0348. The number of hydrogen-bond acceptors (Lipinski definition) is 4. The second kappa shape index (κ2) is 7.90. The van der Waals surface area contributed by atoms with E-state index in [-0.39, 0.29) is 17.7 Å². The molecule has 0 N–H and O–H groups in total. The second-order valence-electron chi connectivity index (χ2n) is 6.52. The maximum Gasteiger partial charge on any atom is 0.123 e. The van der Waals surface area contributed by atoms with E-state index in [1.54, 1.807) is 30.6 Å². The van der Waals surface area contributed by atoms with Crippen molar-refractivity contribution in [1.29, 1.82) is 0 Å². The van der Waals surface area contributed by atoms with Gasteiger partial charge in [-0.05, 0) is 29.8 Å². The van der Waals surface area contributed by atoms with E-state index in [0.29, 0.717) is 36.6 Å². The van der Waals surface area contributed by atoms with Crippen LogP contribution in [-0.2, 0) is 11.3 Å². The Kier molecular flexibility index (Phi) is 5.18. The number of ether oxygens (including phenoxy) is 1. The van der Waals surface area contributed by atoms with Gasteiger partial charge >= 0.3 is 0 Å². The minimum atomic E-state index is -0.313. The summed E-state index contributed by atoms with van der Waals surface area (Å²) in [6.07, 6.45) is 2.97. The lowest BCUT2D eigenvalue weighted by Crippen LogP contribution is -2.38. The van der Waals surface area contributed by atoms with Crippen molar-refractivity contribution in [3.8, 4) is 11.3 Å². The predicted octanol–water partition coefficient (Wildman–Crippen LogP) is 4.00. The lowest BCUT2D eigenvalue weighted by atomic mass is 10.0. The topological polar surface area (TPSA) is 38.2 Å². The highest BCUT2D eigenvalue weighted by molar-refractivity contribution is 5.61. The van der Waals surface area contributed by atoms with Crippen molar-refractivity contribution >= 4 is 0 Å². The van der Waals surface area contributed by atoms with Crippen LogP contribution in [0, 0.1) is 11.6 Å². The van der Waals surface area contributed by atoms with E-state index in [4.69, 9.17) is 4.74 Å². The fourth-order valence-corrected chi connectivity index (χ4v) is 3.30. The Labute approximate surface area is 156 Å². The van der Waals surface area contributed by atoms with Gasteiger partial charge in [-0.3, -0.25) is 14.9 Å². The molecule has 0 amide bonds. The van der Waals surface area contributed by atoms with Crippen molar-refractivity contribution in [1.82, 2.24) is 14.9 Å². The summed E-state index contributed by atoms with van der Waals surface area (Å²) >= 11 is 0. The molecule has 0 bridgehead atoms. The quantitative estimate of drug-likeness (QED) is 0.699. The molecule has 0 unspecified atom stereocenters. The van der Waals surface area contributed by atoms with Gasteiger partial charge in [0, 0.05) is 37.6 Å². The van der Waals surface area contributed by atoms with Gasteiger partial charge in [-0.2, -0.15) is 0 Å². The average molecular weight is 367 g/mol. The van der Waals surface area contributed by atoms with Gasteiger partial charge in [-0.25, -0.2) is 8.78 Å². The van der Waals surface area contributed by atoms with Crippen molar-refractivity contribution in [2.24, 2.45) is 0 Å². The van der Waals surface area contributed by atoms with Gasteiger partial charge in [-0.15, -0.1) is 0 Å². The molecule has 2 heterocycles. The lowest BCUT2D eigenvalue weighted by Gasteiger charge is -2.33. The van der Waals surface area contributed by atoms with Gasteiger partial charge in [0.2, 0.25) is 0 Å². The monoisotopic (exact) mass is 367 g/mol. The number of halogens is 2. The summed E-state index contributed by atoms with van der Waals surface area (Å²) in [7, 11) is 0. The molecule has 1 aliphatic rings. The number of rotatable bonds is 4. The third-order valence-corrected chi connectivity index (χ3v) is 4.60. The van der Waals surface area contributed by atoms with Crippen LogP contribution in [0.15, 0.2) is 60.9 Å². The average Bonchev–Trinajstić information content (AvgIpc) is 2.70. The summed E-state index contributed by atoms with van der Waals surface area (Å²) < 4.78 is 32.7. The van der Waals surface area contributed by atoms with Crippen LogP contribution in [0.5, 0.6) is 0 Å². The van der Waals surface area contributed by atoms with Crippen LogP contribution in [-0.4, -0.2) is 34.6 Å². The second-order valence-corrected chi connectivity index (χ2v) is 6.52. The summed E-state index contributed by atoms with van der Waals surface area (Å²) in [6, 6.07) is 12.9. The summed E-state index contributed by atoms with van der Waals surface area (Å²) in [5.41, 5.74) is 3.05. The molecule has 1 fully saturated rings. The first-order valence-corrected chi connectivity index (χ1v) is 8.84. The third-order valence-electron chi connectivity index (χ3n) is 4.60.